The third-order valence-electron chi connectivity index (χ3n) is 3.19. The summed E-state index contributed by atoms with van der Waals surface area (Å²) in [6, 6.07) is 8.10. The van der Waals surface area contributed by atoms with Crippen LogP contribution in [-0.2, 0) is 0 Å². The van der Waals surface area contributed by atoms with Gasteiger partial charge in [-0.1, -0.05) is 12.1 Å². The first-order chi connectivity index (χ1) is 8.33. The second-order valence-corrected chi connectivity index (χ2v) is 4.63. The van der Waals surface area contributed by atoms with Crippen LogP contribution in [0, 0.1) is 5.92 Å². The molecule has 4 heteroatoms. The highest BCUT2D eigenvalue weighted by molar-refractivity contribution is 5.75. The molecule has 1 heterocycles. The van der Waals surface area contributed by atoms with Gasteiger partial charge in [0.25, 0.3) is 0 Å². The molecule has 88 valence electrons. The van der Waals surface area contributed by atoms with Crippen LogP contribution < -0.4 is 11.1 Å². The molecule has 1 aromatic carbocycles. The van der Waals surface area contributed by atoms with Crippen LogP contribution in [0.3, 0.4) is 0 Å². The Kier molecular flexibility index (Phi) is 2.65. The van der Waals surface area contributed by atoms with E-state index in [-0.39, 0.29) is 6.04 Å². The Labute approximate surface area is 100 Å². The van der Waals surface area contributed by atoms with Crippen LogP contribution in [0.25, 0.3) is 11.0 Å². The van der Waals surface area contributed by atoms with Crippen LogP contribution in [0.2, 0.25) is 0 Å². The van der Waals surface area contributed by atoms with E-state index in [0.29, 0.717) is 5.92 Å². The number of anilines is 1. The number of aromatic nitrogens is 2. The number of para-hydroxylation sites is 2. The Bertz CT molecular complexity index is 522. The molecule has 1 aliphatic rings. The van der Waals surface area contributed by atoms with Gasteiger partial charge in [0.15, 0.2) is 0 Å². The van der Waals surface area contributed by atoms with E-state index in [1.807, 2.05) is 24.3 Å². The van der Waals surface area contributed by atoms with Gasteiger partial charge in [0, 0.05) is 12.6 Å². The Balaban J connectivity index is 1.71. The first-order valence-electron chi connectivity index (χ1n) is 6.04. The van der Waals surface area contributed by atoms with Crippen molar-refractivity contribution in [2.24, 2.45) is 11.7 Å². The summed E-state index contributed by atoms with van der Waals surface area (Å²) < 4.78 is 0. The number of nitrogens with one attached hydrogen (secondary N) is 1. The fourth-order valence-electron chi connectivity index (χ4n) is 1.96. The van der Waals surface area contributed by atoms with Crippen molar-refractivity contribution in [3.63, 3.8) is 0 Å². The number of hydrogen-bond acceptors (Lipinski definition) is 4. The van der Waals surface area contributed by atoms with Crippen molar-refractivity contribution in [2.45, 2.75) is 18.9 Å². The molecular weight excluding hydrogens is 212 g/mol. The number of hydrogen-bond donors (Lipinski definition) is 2. The van der Waals surface area contributed by atoms with Crippen molar-refractivity contribution in [1.82, 2.24) is 9.97 Å². The number of rotatable bonds is 4. The summed E-state index contributed by atoms with van der Waals surface area (Å²) >= 11 is 0. The number of fused-ring (bicyclic) bond motifs is 1. The van der Waals surface area contributed by atoms with Crippen LogP contribution in [0.4, 0.5) is 5.82 Å². The van der Waals surface area contributed by atoms with Crippen molar-refractivity contribution in [3.05, 3.63) is 30.5 Å². The van der Waals surface area contributed by atoms with Gasteiger partial charge in [-0.15, -0.1) is 0 Å². The van der Waals surface area contributed by atoms with Crippen molar-refractivity contribution >= 4 is 16.9 Å². The van der Waals surface area contributed by atoms with Gasteiger partial charge in [0.05, 0.1) is 17.2 Å². The predicted molar refractivity (Wildman–Crippen MR) is 68.7 cm³/mol. The lowest BCUT2D eigenvalue weighted by atomic mass is 10.2. The van der Waals surface area contributed by atoms with Crippen LogP contribution >= 0.6 is 0 Å². The van der Waals surface area contributed by atoms with Crippen molar-refractivity contribution < 1.29 is 0 Å². The molecule has 1 fully saturated rings. The minimum absolute atomic E-state index is 0.239. The highest BCUT2D eigenvalue weighted by Gasteiger charge is 2.28. The van der Waals surface area contributed by atoms with Crippen molar-refractivity contribution in [2.75, 3.05) is 11.9 Å². The van der Waals surface area contributed by atoms with Gasteiger partial charge in [-0.05, 0) is 30.9 Å². The van der Waals surface area contributed by atoms with Crippen LogP contribution in [-0.4, -0.2) is 22.6 Å². The Morgan fingerprint density at radius 3 is 2.82 bits per heavy atom. The first kappa shape index (κ1) is 10.5. The zero-order valence-electron chi connectivity index (χ0n) is 9.63. The van der Waals surface area contributed by atoms with Crippen molar-refractivity contribution in [1.29, 1.82) is 0 Å². The minimum Gasteiger partial charge on any atom is -0.367 e. The van der Waals surface area contributed by atoms with Crippen LogP contribution in [0.15, 0.2) is 30.5 Å². The number of benzene rings is 1. The third kappa shape index (κ3) is 2.36. The quantitative estimate of drug-likeness (QED) is 0.837. The normalized spacial score (nSPS) is 17.0. The topological polar surface area (TPSA) is 63.8 Å². The summed E-state index contributed by atoms with van der Waals surface area (Å²) in [4.78, 5) is 8.85. The van der Waals surface area contributed by atoms with Gasteiger partial charge >= 0.3 is 0 Å². The second-order valence-electron chi connectivity index (χ2n) is 4.63. The molecule has 3 N–H and O–H groups in total. The third-order valence-corrected chi connectivity index (χ3v) is 3.19. The second kappa shape index (κ2) is 4.30. The average Bonchev–Trinajstić information content (AvgIpc) is 3.20. The van der Waals surface area contributed by atoms with Crippen LogP contribution in [0.1, 0.15) is 12.8 Å². The molecule has 0 bridgehead atoms. The van der Waals surface area contributed by atoms with E-state index in [2.05, 4.69) is 15.3 Å². The maximum Gasteiger partial charge on any atom is 0.145 e. The highest BCUT2D eigenvalue weighted by Crippen LogP contribution is 2.31. The monoisotopic (exact) mass is 228 g/mol. The maximum atomic E-state index is 6.03. The molecule has 1 atom stereocenters. The zero-order chi connectivity index (χ0) is 11.7. The van der Waals surface area contributed by atoms with Gasteiger partial charge in [-0.3, -0.25) is 4.98 Å². The van der Waals surface area contributed by atoms with E-state index in [0.717, 1.165) is 23.4 Å². The Morgan fingerprint density at radius 2 is 2.06 bits per heavy atom. The molecule has 0 radical (unpaired) electrons. The minimum atomic E-state index is 0.239. The smallest absolute Gasteiger partial charge is 0.145 e. The standard InChI is InChI=1S/C13H16N4/c14-10(9-5-6-9)7-16-13-8-15-11-3-1-2-4-12(11)17-13/h1-4,8-10H,5-7,14H2,(H,16,17). The number of nitrogens with zero attached hydrogens (tertiary/aromatic N) is 2. The largest absolute Gasteiger partial charge is 0.367 e. The fraction of sp³-hybridized carbons (Fsp3) is 0.385. The molecule has 0 aliphatic heterocycles. The summed E-state index contributed by atoms with van der Waals surface area (Å²) in [7, 11) is 0. The van der Waals surface area contributed by atoms with Gasteiger partial charge in [0.1, 0.15) is 5.82 Å². The van der Waals surface area contributed by atoms with E-state index in [4.69, 9.17) is 5.73 Å². The molecule has 0 spiro atoms. The molecule has 3 rings (SSSR count). The van der Waals surface area contributed by atoms with Gasteiger partial charge < -0.3 is 11.1 Å². The SMILES string of the molecule is NC(CNc1cnc2ccccc2n1)C1CC1. The zero-order valence-corrected chi connectivity index (χ0v) is 9.63. The van der Waals surface area contributed by atoms with E-state index in [9.17, 15) is 0 Å². The summed E-state index contributed by atoms with van der Waals surface area (Å²) in [5, 5.41) is 3.26. The summed E-state index contributed by atoms with van der Waals surface area (Å²) in [6.07, 6.45) is 4.31. The molecule has 1 aliphatic carbocycles. The molecule has 2 aromatic rings. The predicted octanol–water partition coefficient (Wildman–Crippen LogP) is 1.78. The lowest BCUT2D eigenvalue weighted by Gasteiger charge is -2.11. The average molecular weight is 228 g/mol. The molecule has 17 heavy (non-hydrogen) atoms. The lowest BCUT2D eigenvalue weighted by Crippen LogP contribution is -2.31. The summed E-state index contributed by atoms with van der Waals surface area (Å²) in [5.41, 5.74) is 7.86. The first-order valence-corrected chi connectivity index (χ1v) is 6.04. The molecule has 1 saturated carbocycles. The van der Waals surface area contributed by atoms with Gasteiger partial charge in [0.2, 0.25) is 0 Å². The summed E-state index contributed by atoms with van der Waals surface area (Å²) in [5.74, 6) is 1.51. The van der Waals surface area contributed by atoms with E-state index in [1.165, 1.54) is 12.8 Å². The molecule has 4 nitrogen and oxygen atoms in total. The lowest BCUT2D eigenvalue weighted by molar-refractivity contribution is 0.620. The summed E-state index contributed by atoms with van der Waals surface area (Å²) in [6.45, 7) is 0.775. The van der Waals surface area contributed by atoms with Gasteiger partial charge in [-0.2, -0.15) is 0 Å². The fourth-order valence-corrected chi connectivity index (χ4v) is 1.96. The van der Waals surface area contributed by atoms with E-state index < -0.39 is 0 Å². The van der Waals surface area contributed by atoms with Crippen molar-refractivity contribution in [3.8, 4) is 0 Å². The van der Waals surface area contributed by atoms with Gasteiger partial charge in [-0.25, -0.2) is 4.98 Å². The molecule has 1 aromatic heterocycles. The molecular formula is C13H16N4. The molecule has 0 saturated heterocycles. The Hall–Kier alpha value is -1.68. The molecule has 0 amide bonds. The Morgan fingerprint density at radius 1 is 1.29 bits per heavy atom. The highest BCUT2D eigenvalue weighted by atomic mass is 15.0. The molecule has 1 unspecified atom stereocenters. The maximum absolute atomic E-state index is 6.03. The van der Waals surface area contributed by atoms with Crippen LogP contribution in [0.5, 0.6) is 0 Å². The number of nitrogens with two attached hydrogens (primary N) is 1. The van der Waals surface area contributed by atoms with E-state index >= 15 is 0 Å². The van der Waals surface area contributed by atoms with E-state index in [1.54, 1.807) is 6.20 Å².